The van der Waals surface area contributed by atoms with E-state index in [1.165, 1.54) is 12.1 Å². The summed E-state index contributed by atoms with van der Waals surface area (Å²) >= 11 is 0. The van der Waals surface area contributed by atoms with E-state index in [1.807, 2.05) is 61.5 Å². The fourth-order valence-electron chi connectivity index (χ4n) is 4.59. The number of hydrogen-bond donors (Lipinski definition) is 1. The Labute approximate surface area is 210 Å². The lowest BCUT2D eigenvalue weighted by Gasteiger charge is -2.26. The molecule has 4 aromatic carbocycles. The number of carbonyl (C=O) groups excluding carboxylic acids is 1. The molecule has 0 bridgehead atoms. The van der Waals surface area contributed by atoms with Crippen LogP contribution in [0.4, 0.5) is 10.1 Å². The number of anilines is 1. The number of carbonyl (C=O) groups is 1. The topological polar surface area (TPSA) is 50.8 Å². The first-order valence-electron chi connectivity index (χ1n) is 12.2. The monoisotopic (exact) mass is 484 g/mol. The van der Waals surface area contributed by atoms with Gasteiger partial charge < -0.3 is 14.8 Å². The van der Waals surface area contributed by atoms with Gasteiger partial charge >= 0.3 is 0 Å². The largest absolute Gasteiger partial charge is 0.492 e. The maximum absolute atomic E-state index is 13.5. The van der Waals surface area contributed by atoms with Crippen molar-refractivity contribution in [2.24, 2.45) is 0 Å². The Bertz CT molecular complexity index is 1380. The fourth-order valence-corrected chi connectivity index (χ4v) is 4.59. The molecule has 0 spiro atoms. The van der Waals surface area contributed by atoms with Crippen molar-refractivity contribution in [2.45, 2.75) is 6.92 Å². The summed E-state index contributed by atoms with van der Waals surface area (Å²) in [7, 11) is 0. The van der Waals surface area contributed by atoms with Gasteiger partial charge in [-0.15, -0.1) is 0 Å². The van der Waals surface area contributed by atoms with E-state index in [-0.39, 0.29) is 11.7 Å². The summed E-state index contributed by atoms with van der Waals surface area (Å²) in [6, 6.07) is 23.8. The van der Waals surface area contributed by atoms with Crippen molar-refractivity contribution in [3.8, 4) is 16.9 Å². The Kier molecular flexibility index (Phi) is 7.26. The molecule has 5 rings (SSSR count). The second kappa shape index (κ2) is 10.9. The number of ether oxygens (including phenoxy) is 2. The molecule has 1 heterocycles. The second-order valence-corrected chi connectivity index (χ2v) is 8.95. The highest BCUT2D eigenvalue weighted by molar-refractivity contribution is 6.10. The summed E-state index contributed by atoms with van der Waals surface area (Å²) in [6.07, 6.45) is 0. The van der Waals surface area contributed by atoms with Gasteiger partial charge in [0.1, 0.15) is 18.2 Å². The maximum atomic E-state index is 13.5. The van der Waals surface area contributed by atoms with Crippen molar-refractivity contribution >= 4 is 22.4 Å². The molecule has 0 aliphatic carbocycles. The Balaban J connectivity index is 1.33. The molecule has 1 amide bonds. The third kappa shape index (κ3) is 5.40. The average Bonchev–Trinajstić information content (AvgIpc) is 2.90. The van der Waals surface area contributed by atoms with Crippen molar-refractivity contribution < 1.29 is 18.7 Å². The molecular formula is C30H29FN2O3. The average molecular weight is 485 g/mol. The number of benzene rings is 4. The predicted molar refractivity (Wildman–Crippen MR) is 141 cm³/mol. The van der Waals surface area contributed by atoms with Crippen molar-refractivity contribution in [2.75, 3.05) is 44.8 Å². The first kappa shape index (κ1) is 24.0. The molecule has 1 aliphatic heterocycles. The van der Waals surface area contributed by atoms with Gasteiger partial charge in [-0.2, -0.15) is 0 Å². The molecule has 1 aliphatic rings. The molecular weight excluding hydrogens is 455 g/mol. The zero-order chi connectivity index (χ0) is 24.9. The third-order valence-corrected chi connectivity index (χ3v) is 6.53. The predicted octanol–water partition coefficient (Wildman–Crippen LogP) is 5.92. The third-order valence-electron chi connectivity index (χ3n) is 6.53. The number of halogens is 1. The Morgan fingerprint density at radius 3 is 2.58 bits per heavy atom. The van der Waals surface area contributed by atoms with Gasteiger partial charge in [-0.3, -0.25) is 9.69 Å². The Morgan fingerprint density at radius 1 is 0.972 bits per heavy atom. The van der Waals surface area contributed by atoms with Crippen LogP contribution in [0.3, 0.4) is 0 Å². The van der Waals surface area contributed by atoms with Crippen molar-refractivity contribution in [1.82, 2.24) is 4.90 Å². The molecule has 1 saturated heterocycles. The Hall–Kier alpha value is -3.74. The van der Waals surface area contributed by atoms with Gasteiger partial charge in [-0.05, 0) is 60.0 Å². The summed E-state index contributed by atoms with van der Waals surface area (Å²) in [5, 5.41) is 4.93. The van der Waals surface area contributed by atoms with Gasteiger partial charge in [0, 0.05) is 41.7 Å². The minimum absolute atomic E-state index is 0.206. The molecule has 1 fully saturated rings. The molecule has 0 radical (unpaired) electrons. The number of rotatable bonds is 7. The van der Waals surface area contributed by atoms with Gasteiger partial charge in [-0.25, -0.2) is 4.39 Å². The van der Waals surface area contributed by atoms with Crippen LogP contribution in [0.5, 0.6) is 5.75 Å². The smallest absolute Gasteiger partial charge is 0.255 e. The fraction of sp³-hybridized carbons (Fsp3) is 0.233. The first-order chi connectivity index (χ1) is 17.6. The van der Waals surface area contributed by atoms with Crippen molar-refractivity contribution in [1.29, 1.82) is 0 Å². The first-order valence-corrected chi connectivity index (χ1v) is 12.2. The zero-order valence-corrected chi connectivity index (χ0v) is 20.3. The van der Waals surface area contributed by atoms with Crippen LogP contribution >= 0.6 is 0 Å². The van der Waals surface area contributed by atoms with Crippen molar-refractivity contribution in [3.05, 3.63) is 95.8 Å². The van der Waals surface area contributed by atoms with Crippen LogP contribution in [0, 0.1) is 12.7 Å². The summed E-state index contributed by atoms with van der Waals surface area (Å²) in [5.41, 5.74) is 3.84. The number of amides is 1. The lowest BCUT2D eigenvalue weighted by molar-refractivity contribution is 0.0323. The van der Waals surface area contributed by atoms with Crippen LogP contribution < -0.4 is 10.1 Å². The molecule has 36 heavy (non-hydrogen) atoms. The molecule has 5 nitrogen and oxygen atoms in total. The van der Waals surface area contributed by atoms with Crippen LogP contribution in [0.2, 0.25) is 0 Å². The van der Waals surface area contributed by atoms with E-state index < -0.39 is 0 Å². The number of aryl methyl sites for hydroxylation is 1. The SMILES string of the molecule is Cc1cc(F)ccc1-c1cccc(C(=O)Nc2ccc(OCCN3CCOCC3)c3ccccc23)c1. The van der Waals surface area contributed by atoms with Gasteiger partial charge in [0.05, 0.1) is 13.2 Å². The lowest BCUT2D eigenvalue weighted by atomic mass is 9.98. The van der Waals surface area contributed by atoms with E-state index in [9.17, 15) is 9.18 Å². The molecule has 0 saturated carbocycles. The van der Waals surface area contributed by atoms with E-state index in [4.69, 9.17) is 9.47 Å². The van der Waals surface area contributed by atoms with Crippen LogP contribution in [0.15, 0.2) is 78.9 Å². The highest BCUT2D eigenvalue weighted by atomic mass is 19.1. The zero-order valence-electron chi connectivity index (χ0n) is 20.3. The molecule has 6 heteroatoms. The minimum atomic E-state index is -0.273. The van der Waals surface area contributed by atoms with E-state index in [1.54, 1.807) is 12.1 Å². The van der Waals surface area contributed by atoms with Crippen LogP contribution in [0.25, 0.3) is 21.9 Å². The van der Waals surface area contributed by atoms with E-state index in [0.717, 1.165) is 71.7 Å². The maximum Gasteiger partial charge on any atom is 0.255 e. The Morgan fingerprint density at radius 2 is 1.78 bits per heavy atom. The summed E-state index contributed by atoms with van der Waals surface area (Å²) in [4.78, 5) is 15.5. The second-order valence-electron chi connectivity index (χ2n) is 8.95. The number of morpholine rings is 1. The van der Waals surface area contributed by atoms with Crippen LogP contribution in [0.1, 0.15) is 15.9 Å². The van der Waals surface area contributed by atoms with Gasteiger partial charge in [-0.1, -0.05) is 42.5 Å². The number of nitrogens with zero attached hydrogens (tertiary/aromatic N) is 1. The van der Waals surface area contributed by atoms with E-state index in [0.29, 0.717) is 12.2 Å². The molecule has 184 valence electrons. The molecule has 4 aromatic rings. The highest BCUT2D eigenvalue weighted by Crippen LogP contribution is 2.32. The molecule has 1 N–H and O–H groups in total. The van der Waals surface area contributed by atoms with Crippen molar-refractivity contribution in [3.63, 3.8) is 0 Å². The summed E-state index contributed by atoms with van der Waals surface area (Å²) < 4.78 is 25.1. The van der Waals surface area contributed by atoms with Gasteiger partial charge in [0.25, 0.3) is 5.91 Å². The summed E-state index contributed by atoms with van der Waals surface area (Å²) in [6.45, 7) is 6.69. The van der Waals surface area contributed by atoms with Crippen LogP contribution in [-0.4, -0.2) is 50.3 Å². The van der Waals surface area contributed by atoms with E-state index in [2.05, 4.69) is 10.2 Å². The molecule has 0 aromatic heterocycles. The standard InChI is InChI=1S/C30H29FN2O3/c1-21-19-24(31)9-10-25(21)22-5-4-6-23(20-22)30(34)32-28-11-12-29(27-8-3-2-7-26(27)28)36-18-15-33-13-16-35-17-14-33/h2-12,19-20H,13-18H2,1H3,(H,32,34). The minimum Gasteiger partial charge on any atom is -0.492 e. The van der Waals surface area contributed by atoms with Crippen LogP contribution in [-0.2, 0) is 4.74 Å². The lowest BCUT2D eigenvalue weighted by Crippen LogP contribution is -2.38. The number of hydrogen-bond acceptors (Lipinski definition) is 4. The molecule has 0 unspecified atom stereocenters. The highest BCUT2D eigenvalue weighted by Gasteiger charge is 2.14. The number of nitrogens with one attached hydrogen (secondary N) is 1. The van der Waals surface area contributed by atoms with Gasteiger partial charge in [0.2, 0.25) is 0 Å². The summed E-state index contributed by atoms with van der Waals surface area (Å²) in [5.74, 6) is 0.318. The number of fused-ring (bicyclic) bond motifs is 1. The molecule has 0 atom stereocenters. The van der Waals surface area contributed by atoms with E-state index >= 15 is 0 Å². The quantitative estimate of drug-likeness (QED) is 0.354. The van der Waals surface area contributed by atoms with Gasteiger partial charge in [0.15, 0.2) is 0 Å². The normalized spacial score (nSPS) is 14.1.